The summed E-state index contributed by atoms with van der Waals surface area (Å²) in [6.45, 7) is 8.77. The van der Waals surface area contributed by atoms with E-state index < -0.39 is 0 Å². The van der Waals surface area contributed by atoms with Gasteiger partial charge < -0.3 is 0 Å². The molecule has 0 aliphatic carbocycles. The Labute approximate surface area is 138 Å². The minimum absolute atomic E-state index is 0.0501. The van der Waals surface area contributed by atoms with E-state index in [1.165, 1.54) is 11.1 Å². The Morgan fingerprint density at radius 1 is 0.739 bits per heavy atom. The number of hydrogen-bond acceptors (Lipinski definition) is 2. The van der Waals surface area contributed by atoms with Gasteiger partial charge in [0.25, 0.3) is 0 Å². The summed E-state index contributed by atoms with van der Waals surface area (Å²) in [5, 5.41) is 0. The Kier molecular flexibility index (Phi) is 3.99. The smallest absolute Gasteiger partial charge is 0.116 e. The van der Waals surface area contributed by atoms with Crippen molar-refractivity contribution in [2.75, 3.05) is 0 Å². The molecule has 23 heavy (non-hydrogen) atoms. The Hall–Kier alpha value is -2.48. The molecule has 0 unspecified atom stereocenters. The predicted octanol–water partition coefficient (Wildman–Crippen LogP) is 5.42. The van der Waals surface area contributed by atoms with Crippen LogP contribution in [-0.4, -0.2) is 9.97 Å². The van der Waals surface area contributed by atoms with Gasteiger partial charge in [0.2, 0.25) is 0 Å². The summed E-state index contributed by atoms with van der Waals surface area (Å²) in [4.78, 5) is 9.24. The fourth-order valence-electron chi connectivity index (χ4n) is 2.92. The van der Waals surface area contributed by atoms with Crippen LogP contribution in [0.1, 0.15) is 31.9 Å². The van der Waals surface area contributed by atoms with Gasteiger partial charge in [0, 0.05) is 16.7 Å². The average Bonchev–Trinajstić information content (AvgIpc) is 2.54. The number of benzene rings is 2. The molecule has 0 saturated carbocycles. The van der Waals surface area contributed by atoms with Crippen LogP contribution in [0.4, 0.5) is 0 Å². The minimum Gasteiger partial charge on any atom is -0.236 e. The van der Waals surface area contributed by atoms with E-state index in [1.54, 1.807) is 6.33 Å². The second-order valence-corrected chi connectivity index (χ2v) is 6.93. The van der Waals surface area contributed by atoms with Crippen molar-refractivity contribution in [3.05, 3.63) is 72.1 Å². The molecule has 3 aromatic rings. The molecule has 2 heteroatoms. The topological polar surface area (TPSA) is 25.8 Å². The van der Waals surface area contributed by atoms with Crippen molar-refractivity contribution < 1.29 is 0 Å². The van der Waals surface area contributed by atoms with Crippen LogP contribution in [0.2, 0.25) is 0 Å². The van der Waals surface area contributed by atoms with Crippen LogP contribution in [0, 0.1) is 6.92 Å². The van der Waals surface area contributed by atoms with E-state index >= 15 is 0 Å². The first-order valence-corrected chi connectivity index (χ1v) is 7.95. The van der Waals surface area contributed by atoms with Gasteiger partial charge in [0.1, 0.15) is 6.33 Å². The monoisotopic (exact) mass is 302 g/mol. The first-order valence-electron chi connectivity index (χ1n) is 7.95. The summed E-state index contributed by atoms with van der Waals surface area (Å²) < 4.78 is 0. The minimum atomic E-state index is -0.0501. The Bertz CT molecular complexity index is 815. The fourth-order valence-corrected chi connectivity index (χ4v) is 2.92. The SMILES string of the molecule is Cc1cccc(-c2ncnc(-c3ccccc3)c2C(C)(C)C)c1. The van der Waals surface area contributed by atoms with Crippen LogP contribution < -0.4 is 0 Å². The molecule has 116 valence electrons. The molecule has 0 saturated heterocycles. The molecule has 0 radical (unpaired) electrons. The molecule has 0 spiro atoms. The lowest BCUT2D eigenvalue weighted by Gasteiger charge is -2.25. The van der Waals surface area contributed by atoms with Crippen molar-refractivity contribution in [2.24, 2.45) is 0 Å². The molecule has 0 aliphatic heterocycles. The highest BCUT2D eigenvalue weighted by Crippen LogP contribution is 2.37. The molecule has 1 heterocycles. The van der Waals surface area contributed by atoms with Crippen LogP contribution in [0.15, 0.2) is 60.9 Å². The van der Waals surface area contributed by atoms with Gasteiger partial charge in [-0.05, 0) is 18.4 Å². The lowest BCUT2D eigenvalue weighted by Crippen LogP contribution is -2.16. The molecule has 0 atom stereocenters. The van der Waals surface area contributed by atoms with E-state index in [4.69, 9.17) is 0 Å². The van der Waals surface area contributed by atoms with Crippen LogP contribution in [-0.2, 0) is 5.41 Å². The zero-order valence-electron chi connectivity index (χ0n) is 14.2. The van der Waals surface area contributed by atoms with Crippen molar-refractivity contribution >= 4 is 0 Å². The molecular weight excluding hydrogens is 280 g/mol. The van der Waals surface area contributed by atoms with Crippen molar-refractivity contribution in [2.45, 2.75) is 33.1 Å². The standard InChI is InChI=1S/C21H22N2/c1-15-9-8-12-17(13-15)20-18(21(2,3)4)19(22-14-23-20)16-10-6-5-7-11-16/h5-14H,1-4H3. The maximum atomic E-state index is 4.63. The first kappa shape index (κ1) is 15.4. The Balaban J connectivity index is 2.30. The van der Waals surface area contributed by atoms with E-state index in [1.807, 2.05) is 6.07 Å². The fraction of sp³-hybridized carbons (Fsp3) is 0.238. The summed E-state index contributed by atoms with van der Waals surface area (Å²) in [6, 6.07) is 18.9. The third-order valence-electron chi connectivity index (χ3n) is 3.94. The molecule has 3 rings (SSSR count). The normalized spacial score (nSPS) is 11.5. The Morgan fingerprint density at radius 3 is 1.96 bits per heavy atom. The van der Waals surface area contributed by atoms with Crippen LogP contribution in [0.3, 0.4) is 0 Å². The van der Waals surface area contributed by atoms with E-state index in [2.05, 4.69) is 86.2 Å². The van der Waals surface area contributed by atoms with Crippen molar-refractivity contribution in [1.29, 1.82) is 0 Å². The molecule has 0 aliphatic rings. The number of hydrogen-bond donors (Lipinski definition) is 0. The maximum Gasteiger partial charge on any atom is 0.116 e. The highest BCUT2D eigenvalue weighted by atomic mass is 14.9. The number of rotatable bonds is 2. The van der Waals surface area contributed by atoms with Gasteiger partial charge in [0.05, 0.1) is 11.4 Å². The Morgan fingerprint density at radius 2 is 1.35 bits per heavy atom. The molecule has 2 aromatic carbocycles. The van der Waals surface area contributed by atoms with E-state index in [0.717, 1.165) is 22.5 Å². The second kappa shape index (κ2) is 5.96. The van der Waals surface area contributed by atoms with Crippen LogP contribution >= 0.6 is 0 Å². The van der Waals surface area contributed by atoms with Gasteiger partial charge in [-0.15, -0.1) is 0 Å². The summed E-state index contributed by atoms with van der Waals surface area (Å²) >= 11 is 0. The van der Waals surface area contributed by atoms with Gasteiger partial charge in [0.15, 0.2) is 0 Å². The van der Waals surface area contributed by atoms with Crippen molar-refractivity contribution in [3.63, 3.8) is 0 Å². The zero-order chi connectivity index (χ0) is 16.4. The van der Waals surface area contributed by atoms with Crippen molar-refractivity contribution in [1.82, 2.24) is 9.97 Å². The summed E-state index contributed by atoms with van der Waals surface area (Å²) in [7, 11) is 0. The molecule has 0 N–H and O–H groups in total. The third-order valence-corrected chi connectivity index (χ3v) is 3.94. The first-order chi connectivity index (χ1) is 11.0. The average molecular weight is 302 g/mol. The molecule has 1 aromatic heterocycles. The molecule has 0 fully saturated rings. The van der Waals surface area contributed by atoms with E-state index in [9.17, 15) is 0 Å². The van der Waals surface area contributed by atoms with Gasteiger partial charge >= 0.3 is 0 Å². The van der Waals surface area contributed by atoms with Gasteiger partial charge in [-0.2, -0.15) is 0 Å². The summed E-state index contributed by atoms with van der Waals surface area (Å²) in [5.41, 5.74) is 6.70. The summed E-state index contributed by atoms with van der Waals surface area (Å²) in [6.07, 6.45) is 1.68. The lowest BCUT2D eigenvalue weighted by atomic mass is 9.81. The maximum absolute atomic E-state index is 4.63. The summed E-state index contributed by atoms with van der Waals surface area (Å²) in [5.74, 6) is 0. The third kappa shape index (κ3) is 3.16. The van der Waals surface area contributed by atoms with Gasteiger partial charge in [-0.3, -0.25) is 0 Å². The van der Waals surface area contributed by atoms with Crippen LogP contribution in [0.25, 0.3) is 22.5 Å². The molecule has 2 nitrogen and oxygen atoms in total. The largest absolute Gasteiger partial charge is 0.236 e. The number of aryl methyl sites for hydroxylation is 1. The predicted molar refractivity (Wildman–Crippen MR) is 96.3 cm³/mol. The zero-order valence-corrected chi connectivity index (χ0v) is 14.2. The van der Waals surface area contributed by atoms with Gasteiger partial charge in [-0.1, -0.05) is 74.9 Å². The van der Waals surface area contributed by atoms with Crippen LogP contribution in [0.5, 0.6) is 0 Å². The molecule has 0 amide bonds. The highest BCUT2D eigenvalue weighted by molar-refractivity contribution is 5.75. The van der Waals surface area contributed by atoms with E-state index in [-0.39, 0.29) is 5.41 Å². The highest BCUT2D eigenvalue weighted by Gasteiger charge is 2.25. The van der Waals surface area contributed by atoms with E-state index in [0.29, 0.717) is 0 Å². The second-order valence-electron chi connectivity index (χ2n) is 6.93. The van der Waals surface area contributed by atoms with Crippen molar-refractivity contribution in [3.8, 4) is 22.5 Å². The molecular formula is C21H22N2. The van der Waals surface area contributed by atoms with Gasteiger partial charge in [-0.25, -0.2) is 9.97 Å². The number of nitrogens with zero attached hydrogens (tertiary/aromatic N) is 2. The quantitative estimate of drug-likeness (QED) is 0.632. The number of aromatic nitrogens is 2. The lowest BCUT2D eigenvalue weighted by molar-refractivity contribution is 0.588. The molecule has 0 bridgehead atoms.